The summed E-state index contributed by atoms with van der Waals surface area (Å²) in [5.74, 6) is -0.279. The third-order valence-corrected chi connectivity index (χ3v) is 3.53. The third kappa shape index (κ3) is 2.85. The summed E-state index contributed by atoms with van der Waals surface area (Å²) in [5.41, 5.74) is 1.81. The lowest BCUT2D eigenvalue weighted by molar-refractivity contribution is 0.849. The molecule has 0 aliphatic rings. The molecule has 3 heteroatoms. The Kier molecular flexibility index (Phi) is 4.25. The molecule has 2 aromatic carbocycles. The molecular weight excluding hydrogens is 265 g/mol. The minimum Gasteiger partial charge on any atom is -0.198 e. The van der Waals surface area contributed by atoms with Crippen LogP contribution in [0.25, 0.3) is 0 Å². The van der Waals surface area contributed by atoms with Gasteiger partial charge in [0.05, 0.1) is 12.0 Å². The zero-order valence-electron chi connectivity index (χ0n) is 9.61. The van der Waals surface area contributed by atoms with E-state index in [1.807, 2.05) is 42.5 Å². The van der Waals surface area contributed by atoms with Crippen LogP contribution in [0.4, 0.5) is 0 Å². The maximum Gasteiger partial charge on any atom is 0.0767 e. The lowest BCUT2D eigenvalue weighted by Crippen LogP contribution is -2.01. The molecule has 1 atom stereocenters. The lowest BCUT2D eigenvalue weighted by atomic mass is 9.93. The van der Waals surface area contributed by atoms with Gasteiger partial charge in [-0.15, -0.1) is 0 Å². The van der Waals surface area contributed by atoms with E-state index in [-0.39, 0.29) is 5.92 Å². The predicted molar refractivity (Wildman–Crippen MR) is 75.0 cm³/mol. The van der Waals surface area contributed by atoms with Gasteiger partial charge in [-0.05, 0) is 29.7 Å². The number of hydrogen-bond donors (Lipinski definition) is 0. The molecule has 0 radical (unpaired) electrons. The quantitative estimate of drug-likeness (QED) is 0.786. The number of benzene rings is 2. The summed E-state index contributed by atoms with van der Waals surface area (Å²) in [5, 5.41) is 10.6. The summed E-state index contributed by atoms with van der Waals surface area (Å²) < 4.78 is 0. The minimum atomic E-state index is -0.279. The number of nitriles is 1. The van der Waals surface area contributed by atoms with Crippen molar-refractivity contribution in [2.45, 2.75) is 12.3 Å². The van der Waals surface area contributed by atoms with Gasteiger partial charge in [-0.3, -0.25) is 0 Å². The molecule has 0 saturated carbocycles. The van der Waals surface area contributed by atoms with E-state index >= 15 is 0 Å². The van der Waals surface area contributed by atoms with Gasteiger partial charge in [0, 0.05) is 10.0 Å². The zero-order valence-corrected chi connectivity index (χ0v) is 11.1. The van der Waals surface area contributed by atoms with Crippen LogP contribution in [-0.4, -0.2) is 0 Å². The molecular formula is C15H11Cl2N. The van der Waals surface area contributed by atoms with Gasteiger partial charge >= 0.3 is 0 Å². The van der Waals surface area contributed by atoms with Gasteiger partial charge in [0.1, 0.15) is 0 Å². The van der Waals surface area contributed by atoms with E-state index in [1.54, 1.807) is 6.07 Å². The third-order valence-electron chi connectivity index (χ3n) is 2.82. The largest absolute Gasteiger partial charge is 0.198 e. The number of halogens is 2. The normalized spacial score (nSPS) is 11.8. The first-order valence-corrected chi connectivity index (χ1v) is 6.35. The minimum absolute atomic E-state index is 0.279. The second kappa shape index (κ2) is 5.91. The second-order valence-corrected chi connectivity index (χ2v) is 4.81. The van der Waals surface area contributed by atoms with Gasteiger partial charge < -0.3 is 0 Å². The summed E-state index contributed by atoms with van der Waals surface area (Å²) in [7, 11) is 0. The summed E-state index contributed by atoms with van der Waals surface area (Å²) >= 11 is 12.2. The highest BCUT2D eigenvalue weighted by Crippen LogP contribution is 2.29. The maximum atomic E-state index is 9.30. The van der Waals surface area contributed by atoms with Crippen LogP contribution < -0.4 is 0 Å². The van der Waals surface area contributed by atoms with E-state index in [0.29, 0.717) is 16.5 Å². The molecule has 0 aliphatic carbocycles. The summed E-state index contributed by atoms with van der Waals surface area (Å²) in [4.78, 5) is 0. The topological polar surface area (TPSA) is 23.8 Å². The molecule has 0 heterocycles. The molecule has 0 fully saturated rings. The fraction of sp³-hybridized carbons (Fsp3) is 0.133. The van der Waals surface area contributed by atoms with E-state index in [0.717, 1.165) is 11.1 Å². The Morgan fingerprint density at radius 1 is 0.944 bits per heavy atom. The number of rotatable bonds is 3. The first-order valence-electron chi connectivity index (χ1n) is 5.60. The van der Waals surface area contributed by atoms with Crippen molar-refractivity contribution >= 4 is 23.2 Å². The van der Waals surface area contributed by atoms with Crippen LogP contribution in [0.5, 0.6) is 0 Å². The van der Waals surface area contributed by atoms with Crippen LogP contribution in [-0.2, 0) is 6.42 Å². The highest BCUT2D eigenvalue weighted by atomic mass is 35.5. The van der Waals surface area contributed by atoms with Gasteiger partial charge in [0.2, 0.25) is 0 Å². The Balaban J connectivity index is 2.30. The molecule has 0 N–H and O–H groups in total. The summed E-state index contributed by atoms with van der Waals surface area (Å²) in [6.07, 6.45) is 0.569. The van der Waals surface area contributed by atoms with Crippen LogP contribution >= 0.6 is 23.2 Å². The molecule has 0 aliphatic heterocycles. The number of hydrogen-bond acceptors (Lipinski definition) is 1. The van der Waals surface area contributed by atoms with Crippen molar-refractivity contribution in [2.24, 2.45) is 0 Å². The average Bonchev–Trinajstić information content (AvgIpc) is 2.39. The first-order chi connectivity index (χ1) is 8.72. The molecule has 0 bridgehead atoms. The highest BCUT2D eigenvalue weighted by molar-refractivity contribution is 6.31. The van der Waals surface area contributed by atoms with E-state index in [1.165, 1.54) is 0 Å². The zero-order chi connectivity index (χ0) is 13.0. The molecule has 0 unspecified atom stereocenters. The van der Waals surface area contributed by atoms with Crippen molar-refractivity contribution in [1.29, 1.82) is 5.26 Å². The Morgan fingerprint density at radius 2 is 1.56 bits per heavy atom. The van der Waals surface area contributed by atoms with E-state index in [4.69, 9.17) is 23.2 Å². The van der Waals surface area contributed by atoms with Gasteiger partial charge in [-0.2, -0.15) is 5.26 Å². The van der Waals surface area contributed by atoms with Crippen LogP contribution in [0.3, 0.4) is 0 Å². The fourth-order valence-electron chi connectivity index (χ4n) is 1.87. The molecule has 90 valence electrons. The second-order valence-electron chi connectivity index (χ2n) is 4.00. The van der Waals surface area contributed by atoms with Crippen molar-refractivity contribution in [3.8, 4) is 6.07 Å². The monoisotopic (exact) mass is 275 g/mol. The molecule has 1 nitrogen and oxygen atoms in total. The SMILES string of the molecule is N#C[C@H](Cc1ccccc1Cl)c1ccccc1Cl. The van der Waals surface area contributed by atoms with Crippen LogP contribution in [0, 0.1) is 11.3 Å². The van der Waals surface area contributed by atoms with Gasteiger partial charge in [0.15, 0.2) is 0 Å². The van der Waals surface area contributed by atoms with E-state index in [9.17, 15) is 5.26 Å². The molecule has 0 spiro atoms. The Morgan fingerprint density at radius 3 is 2.17 bits per heavy atom. The molecule has 2 aromatic rings. The Labute approximate surface area is 117 Å². The lowest BCUT2D eigenvalue weighted by Gasteiger charge is -2.12. The van der Waals surface area contributed by atoms with Crippen LogP contribution in [0.2, 0.25) is 10.0 Å². The molecule has 2 rings (SSSR count). The van der Waals surface area contributed by atoms with E-state index in [2.05, 4.69) is 6.07 Å². The van der Waals surface area contributed by atoms with Crippen LogP contribution in [0.15, 0.2) is 48.5 Å². The predicted octanol–water partition coefficient (Wildman–Crippen LogP) is 4.84. The van der Waals surface area contributed by atoms with Crippen molar-refractivity contribution in [3.05, 3.63) is 69.7 Å². The fourth-order valence-corrected chi connectivity index (χ4v) is 2.35. The first kappa shape index (κ1) is 13.0. The van der Waals surface area contributed by atoms with E-state index < -0.39 is 0 Å². The van der Waals surface area contributed by atoms with Gasteiger partial charge in [0.25, 0.3) is 0 Å². The Bertz CT molecular complexity index is 587. The standard InChI is InChI=1S/C15H11Cl2N/c16-14-7-3-1-5-11(14)9-12(10-18)13-6-2-4-8-15(13)17/h1-8,12H,9H2/t12-/m0/s1. The smallest absolute Gasteiger partial charge is 0.0767 e. The summed E-state index contributed by atoms with van der Waals surface area (Å²) in [6, 6.07) is 17.3. The maximum absolute atomic E-state index is 9.30. The Hall–Kier alpha value is -1.49. The van der Waals surface area contributed by atoms with Gasteiger partial charge in [-0.1, -0.05) is 59.6 Å². The summed E-state index contributed by atoms with van der Waals surface area (Å²) in [6.45, 7) is 0. The van der Waals surface area contributed by atoms with Crippen LogP contribution in [0.1, 0.15) is 17.0 Å². The van der Waals surface area contributed by atoms with Crippen molar-refractivity contribution in [3.63, 3.8) is 0 Å². The van der Waals surface area contributed by atoms with Crippen molar-refractivity contribution in [2.75, 3.05) is 0 Å². The number of nitrogens with zero attached hydrogens (tertiary/aromatic N) is 1. The van der Waals surface area contributed by atoms with Crippen molar-refractivity contribution < 1.29 is 0 Å². The van der Waals surface area contributed by atoms with Gasteiger partial charge in [-0.25, -0.2) is 0 Å². The van der Waals surface area contributed by atoms with Crippen molar-refractivity contribution in [1.82, 2.24) is 0 Å². The highest BCUT2D eigenvalue weighted by Gasteiger charge is 2.15. The molecule has 18 heavy (non-hydrogen) atoms. The average molecular weight is 276 g/mol. The molecule has 0 amide bonds. The molecule has 0 saturated heterocycles. The molecule has 0 aromatic heterocycles.